The number of halogens is 1. The van der Waals surface area contributed by atoms with Crippen molar-refractivity contribution in [2.45, 2.75) is 25.8 Å². The number of benzene rings is 1. The fourth-order valence-corrected chi connectivity index (χ4v) is 2.60. The van der Waals surface area contributed by atoms with Gasteiger partial charge in [0.15, 0.2) is 0 Å². The Morgan fingerprint density at radius 2 is 1.96 bits per heavy atom. The van der Waals surface area contributed by atoms with Crippen molar-refractivity contribution in [2.24, 2.45) is 5.92 Å². The monoisotopic (exact) mass is 365 g/mol. The van der Waals surface area contributed by atoms with Crippen molar-refractivity contribution < 1.29 is 28.7 Å². The van der Waals surface area contributed by atoms with Crippen LogP contribution in [0.4, 0.5) is 10.1 Å². The van der Waals surface area contributed by atoms with E-state index in [9.17, 15) is 23.6 Å². The van der Waals surface area contributed by atoms with Crippen LogP contribution in [0.3, 0.4) is 0 Å². The summed E-state index contributed by atoms with van der Waals surface area (Å²) < 4.78 is 13.0. The lowest BCUT2D eigenvalue weighted by atomic mass is 10.1. The molecule has 0 spiro atoms. The second-order valence-corrected chi connectivity index (χ2v) is 6.05. The first-order valence-electron chi connectivity index (χ1n) is 8.13. The number of anilines is 1. The van der Waals surface area contributed by atoms with Crippen molar-refractivity contribution in [1.29, 1.82) is 0 Å². The Balaban J connectivity index is 1.88. The first-order valence-corrected chi connectivity index (χ1v) is 8.13. The Hall–Kier alpha value is -2.97. The minimum atomic E-state index is -1.03. The van der Waals surface area contributed by atoms with Gasteiger partial charge in [-0.05, 0) is 31.2 Å². The number of carbonyl (C=O) groups is 4. The molecule has 8 nitrogen and oxygen atoms in total. The zero-order valence-corrected chi connectivity index (χ0v) is 14.2. The Kier molecular flexibility index (Phi) is 6.26. The smallest absolute Gasteiger partial charge is 0.305 e. The average Bonchev–Trinajstić information content (AvgIpc) is 2.97. The third-order valence-electron chi connectivity index (χ3n) is 4.02. The van der Waals surface area contributed by atoms with Crippen LogP contribution in [-0.4, -0.2) is 47.9 Å². The van der Waals surface area contributed by atoms with E-state index >= 15 is 0 Å². The van der Waals surface area contributed by atoms with Crippen molar-refractivity contribution in [1.82, 2.24) is 10.6 Å². The standard InChI is InChI=1S/C17H20FN3O5/c1-10(16(25)19-7-6-15(23)24)20-17(26)11-8-14(22)21(9-11)13-4-2-12(18)3-5-13/h2-5,10-11H,6-9H2,1H3,(H,19,25)(H,20,26)(H,23,24). The molecule has 0 saturated carbocycles. The van der Waals surface area contributed by atoms with E-state index in [2.05, 4.69) is 10.6 Å². The van der Waals surface area contributed by atoms with Gasteiger partial charge in [-0.15, -0.1) is 0 Å². The Morgan fingerprint density at radius 1 is 1.31 bits per heavy atom. The number of aliphatic carboxylic acids is 1. The molecule has 2 unspecified atom stereocenters. The van der Waals surface area contributed by atoms with Gasteiger partial charge >= 0.3 is 5.97 Å². The minimum absolute atomic E-state index is 0.00341. The number of carboxylic acid groups (broad SMARTS) is 1. The SMILES string of the molecule is CC(NC(=O)C1CC(=O)N(c2ccc(F)cc2)C1)C(=O)NCCC(=O)O. The zero-order chi connectivity index (χ0) is 19.3. The van der Waals surface area contributed by atoms with Crippen LogP contribution in [0, 0.1) is 11.7 Å². The van der Waals surface area contributed by atoms with Gasteiger partial charge in [0.1, 0.15) is 11.9 Å². The summed E-state index contributed by atoms with van der Waals surface area (Å²) >= 11 is 0. The number of amides is 3. The van der Waals surface area contributed by atoms with Crippen molar-refractivity contribution in [3.05, 3.63) is 30.1 Å². The molecular formula is C17H20FN3O5. The van der Waals surface area contributed by atoms with Crippen LogP contribution in [-0.2, 0) is 19.2 Å². The van der Waals surface area contributed by atoms with E-state index in [-0.39, 0.29) is 31.8 Å². The van der Waals surface area contributed by atoms with Crippen molar-refractivity contribution in [3.63, 3.8) is 0 Å². The highest BCUT2D eigenvalue weighted by Crippen LogP contribution is 2.25. The molecule has 3 N–H and O–H groups in total. The molecule has 0 aliphatic carbocycles. The zero-order valence-electron chi connectivity index (χ0n) is 14.2. The third kappa shape index (κ3) is 5.01. The Bertz CT molecular complexity index is 707. The highest BCUT2D eigenvalue weighted by atomic mass is 19.1. The number of hydrogen-bond acceptors (Lipinski definition) is 4. The van der Waals surface area contributed by atoms with Gasteiger partial charge in [0, 0.05) is 25.2 Å². The average molecular weight is 365 g/mol. The van der Waals surface area contributed by atoms with Gasteiger partial charge < -0.3 is 20.6 Å². The first kappa shape index (κ1) is 19.4. The summed E-state index contributed by atoms with van der Waals surface area (Å²) in [5.74, 6) is -3.27. The molecule has 1 aliphatic heterocycles. The number of nitrogens with one attached hydrogen (secondary N) is 2. The maximum atomic E-state index is 13.0. The molecule has 1 fully saturated rings. The molecule has 1 aromatic carbocycles. The van der Waals surface area contributed by atoms with Crippen molar-refractivity contribution >= 4 is 29.4 Å². The van der Waals surface area contributed by atoms with Crippen molar-refractivity contribution in [3.8, 4) is 0 Å². The highest BCUT2D eigenvalue weighted by Gasteiger charge is 2.36. The van der Waals surface area contributed by atoms with Crippen molar-refractivity contribution in [2.75, 3.05) is 18.0 Å². The van der Waals surface area contributed by atoms with E-state index in [1.54, 1.807) is 0 Å². The second-order valence-electron chi connectivity index (χ2n) is 6.05. The molecule has 0 radical (unpaired) electrons. The highest BCUT2D eigenvalue weighted by molar-refractivity contribution is 6.01. The predicted octanol–water partition coefficient (Wildman–Crippen LogP) is 0.274. The molecule has 140 valence electrons. The number of carboxylic acids is 1. The maximum Gasteiger partial charge on any atom is 0.305 e. The van der Waals surface area contributed by atoms with Gasteiger partial charge in [-0.25, -0.2) is 4.39 Å². The van der Waals surface area contributed by atoms with Gasteiger partial charge in [-0.2, -0.15) is 0 Å². The lowest BCUT2D eigenvalue weighted by Gasteiger charge is -2.18. The van der Waals surface area contributed by atoms with Gasteiger partial charge in [-0.3, -0.25) is 19.2 Å². The summed E-state index contributed by atoms with van der Waals surface area (Å²) in [6.45, 7) is 1.58. The van der Waals surface area contributed by atoms with E-state index in [0.717, 1.165) is 0 Å². The first-order chi connectivity index (χ1) is 12.3. The normalized spacial score (nSPS) is 17.7. The Morgan fingerprint density at radius 3 is 2.58 bits per heavy atom. The number of hydrogen-bond donors (Lipinski definition) is 3. The molecule has 3 amide bonds. The van der Waals surface area contributed by atoms with Gasteiger partial charge in [-0.1, -0.05) is 0 Å². The molecule has 2 atom stereocenters. The van der Waals surface area contributed by atoms with E-state index in [1.165, 1.54) is 36.1 Å². The summed E-state index contributed by atoms with van der Waals surface area (Å²) in [6.07, 6.45) is -0.216. The van der Waals surface area contributed by atoms with E-state index in [0.29, 0.717) is 5.69 Å². The summed E-state index contributed by atoms with van der Waals surface area (Å²) in [7, 11) is 0. The predicted molar refractivity (Wildman–Crippen MR) is 89.7 cm³/mol. The quantitative estimate of drug-likeness (QED) is 0.642. The Labute approximate surface area is 149 Å². The van der Waals surface area contributed by atoms with Crippen LogP contribution in [0.1, 0.15) is 19.8 Å². The number of carbonyl (C=O) groups excluding carboxylic acids is 3. The number of rotatable bonds is 7. The van der Waals surface area contributed by atoms with Crippen LogP contribution in [0.5, 0.6) is 0 Å². The molecule has 0 bridgehead atoms. The van der Waals surface area contributed by atoms with E-state index in [1.807, 2.05) is 0 Å². The minimum Gasteiger partial charge on any atom is -0.481 e. The molecular weight excluding hydrogens is 345 g/mol. The molecule has 26 heavy (non-hydrogen) atoms. The van der Waals surface area contributed by atoms with Crippen LogP contribution in [0.25, 0.3) is 0 Å². The fourth-order valence-electron chi connectivity index (χ4n) is 2.60. The maximum absolute atomic E-state index is 13.0. The molecule has 1 aromatic rings. The van der Waals surface area contributed by atoms with E-state index < -0.39 is 35.6 Å². The van der Waals surface area contributed by atoms with Gasteiger partial charge in [0.25, 0.3) is 0 Å². The summed E-state index contributed by atoms with van der Waals surface area (Å²) in [4.78, 5) is 48.1. The lowest BCUT2D eigenvalue weighted by molar-refractivity contribution is -0.137. The second kappa shape index (κ2) is 8.41. The van der Waals surface area contributed by atoms with Crippen LogP contribution < -0.4 is 15.5 Å². The summed E-state index contributed by atoms with van der Waals surface area (Å²) in [5.41, 5.74) is 0.506. The molecule has 9 heteroatoms. The van der Waals surface area contributed by atoms with Crippen LogP contribution in [0.15, 0.2) is 24.3 Å². The topological polar surface area (TPSA) is 116 Å². The summed E-state index contributed by atoms with van der Waals surface area (Å²) in [5, 5.41) is 13.5. The molecule has 2 rings (SSSR count). The summed E-state index contributed by atoms with van der Waals surface area (Å²) in [6, 6.07) is 4.54. The molecule has 0 aromatic heterocycles. The van der Waals surface area contributed by atoms with Gasteiger partial charge in [0.2, 0.25) is 17.7 Å². The van der Waals surface area contributed by atoms with Crippen LogP contribution in [0.2, 0.25) is 0 Å². The number of nitrogens with zero attached hydrogens (tertiary/aromatic N) is 1. The van der Waals surface area contributed by atoms with E-state index in [4.69, 9.17) is 5.11 Å². The largest absolute Gasteiger partial charge is 0.481 e. The van der Waals surface area contributed by atoms with Crippen LogP contribution >= 0.6 is 0 Å². The third-order valence-corrected chi connectivity index (χ3v) is 4.02. The lowest BCUT2D eigenvalue weighted by Crippen LogP contribution is -2.47. The molecule has 1 heterocycles. The van der Waals surface area contributed by atoms with Gasteiger partial charge in [0.05, 0.1) is 12.3 Å². The fraction of sp³-hybridized carbons (Fsp3) is 0.412. The molecule has 1 saturated heterocycles. The molecule has 1 aliphatic rings.